The lowest BCUT2D eigenvalue weighted by molar-refractivity contribution is 0.563. The molecule has 0 unspecified atom stereocenters. The summed E-state index contributed by atoms with van der Waals surface area (Å²) < 4.78 is 13.9. The maximum absolute atomic E-state index is 13.5. The summed E-state index contributed by atoms with van der Waals surface area (Å²) in [5.41, 5.74) is 11.4. The minimum atomic E-state index is -0.361. The van der Waals surface area contributed by atoms with E-state index in [4.69, 9.17) is 8.83 Å². The minimum absolute atomic E-state index is 0.360. The van der Waals surface area contributed by atoms with Crippen molar-refractivity contribution in [3.63, 3.8) is 0 Å². The zero-order valence-electron chi connectivity index (χ0n) is 32.1. The molecule has 10 rings (SSSR count). The Morgan fingerprint density at radius 1 is 0.448 bits per heavy atom. The van der Waals surface area contributed by atoms with Gasteiger partial charge in [-0.15, -0.1) is 0 Å². The first-order valence-electron chi connectivity index (χ1n) is 19.7. The molecule has 0 spiro atoms. The number of nitrogens with zero attached hydrogens (tertiary/aromatic N) is 2. The second kappa shape index (κ2) is 14.3. The van der Waals surface area contributed by atoms with Crippen molar-refractivity contribution >= 4 is 49.4 Å². The molecule has 0 saturated heterocycles. The quantitative estimate of drug-likeness (QED) is 0.145. The van der Waals surface area contributed by atoms with E-state index in [1.807, 2.05) is 78.9 Å². The standard InChI is InChI=1S/C52H38N2O4/c1-3-53(4-2)42-23-20-40-31-44(52(56)58-50(40)32-42)38-16-11-14-34(27-38)36-22-25-48-46(29-36)45-28-35(21-24-47(45)54(48)41-17-6-5-7-18-41)33-13-10-15-37(26-33)43-30-39-12-8-9-19-49(39)57-51(43)55/h5-32H,3-4H2,1-2H3. The third-order valence-electron chi connectivity index (χ3n) is 11.3. The fourth-order valence-electron chi connectivity index (χ4n) is 8.32. The molecule has 0 aliphatic carbocycles. The van der Waals surface area contributed by atoms with Gasteiger partial charge in [-0.05, 0) is 126 Å². The van der Waals surface area contributed by atoms with Crippen LogP contribution >= 0.6 is 0 Å². The first-order chi connectivity index (χ1) is 28.4. The van der Waals surface area contributed by atoms with Crippen LogP contribution in [0, 0.1) is 0 Å². The predicted molar refractivity (Wildman–Crippen MR) is 238 cm³/mol. The maximum Gasteiger partial charge on any atom is 0.344 e. The van der Waals surface area contributed by atoms with Crippen LogP contribution in [-0.2, 0) is 0 Å². The van der Waals surface area contributed by atoms with Gasteiger partial charge in [0.2, 0.25) is 0 Å². The summed E-state index contributed by atoms with van der Waals surface area (Å²) >= 11 is 0. The second-order valence-electron chi connectivity index (χ2n) is 14.6. The fraction of sp³-hybridized carbons (Fsp3) is 0.0769. The van der Waals surface area contributed by atoms with Crippen molar-refractivity contribution in [2.45, 2.75) is 13.8 Å². The van der Waals surface area contributed by atoms with Gasteiger partial charge in [0, 0.05) is 52.1 Å². The van der Waals surface area contributed by atoms with E-state index in [0.29, 0.717) is 22.3 Å². The predicted octanol–water partition coefficient (Wildman–Crippen LogP) is 12.5. The summed E-state index contributed by atoms with van der Waals surface area (Å²) in [5, 5.41) is 3.96. The summed E-state index contributed by atoms with van der Waals surface area (Å²) in [7, 11) is 0. The molecule has 0 amide bonds. The SMILES string of the molecule is CCN(CC)c1ccc2cc(-c3cccc(-c4ccc5c(c4)c4cc(-c6cccc(-c7cc8ccccc8oc7=O)c6)ccc4n5-c4ccccc4)c3)c(=O)oc2c1. The highest BCUT2D eigenvalue weighted by Gasteiger charge is 2.17. The zero-order chi connectivity index (χ0) is 39.3. The first-order valence-corrected chi connectivity index (χ1v) is 19.7. The number of hydrogen-bond donors (Lipinski definition) is 0. The van der Waals surface area contributed by atoms with Gasteiger partial charge < -0.3 is 18.3 Å². The molecule has 58 heavy (non-hydrogen) atoms. The van der Waals surface area contributed by atoms with Crippen LogP contribution in [0.1, 0.15) is 13.8 Å². The fourth-order valence-corrected chi connectivity index (χ4v) is 8.32. The minimum Gasteiger partial charge on any atom is -0.422 e. The second-order valence-corrected chi connectivity index (χ2v) is 14.6. The number of rotatable bonds is 8. The van der Waals surface area contributed by atoms with Crippen LogP contribution in [0.2, 0.25) is 0 Å². The van der Waals surface area contributed by atoms with E-state index < -0.39 is 0 Å². The Bertz CT molecular complexity index is 3320. The number of hydrogen-bond acceptors (Lipinski definition) is 5. The van der Waals surface area contributed by atoms with Crippen LogP contribution in [0.5, 0.6) is 0 Å². The largest absolute Gasteiger partial charge is 0.422 e. The van der Waals surface area contributed by atoms with Crippen molar-refractivity contribution in [3.8, 4) is 50.2 Å². The average Bonchev–Trinajstić information content (AvgIpc) is 3.59. The summed E-state index contributed by atoms with van der Waals surface area (Å²) in [6, 6.07) is 57.2. The number of para-hydroxylation sites is 2. The molecule has 10 aromatic rings. The lowest BCUT2D eigenvalue weighted by Gasteiger charge is -2.21. The van der Waals surface area contributed by atoms with Crippen LogP contribution in [0.25, 0.3) is 93.9 Å². The molecule has 280 valence electrons. The highest BCUT2D eigenvalue weighted by atomic mass is 16.4. The normalized spacial score (nSPS) is 11.6. The number of anilines is 1. The van der Waals surface area contributed by atoms with Crippen LogP contribution in [-0.4, -0.2) is 17.7 Å². The van der Waals surface area contributed by atoms with E-state index in [1.165, 1.54) is 0 Å². The molecule has 0 bridgehead atoms. The van der Waals surface area contributed by atoms with Gasteiger partial charge >= 0.3 is 11.3 Å². The van der Waals surface area contributed by atoms with Crippen molar-refractivity contribution in [2.24, 2.45) is 0 Å². The van der Waals surface area contributed by atoms with E-state index in [2.05, 4.69) is 114 Å². The molecular formula is C52H38N2O4. The van der Waals surface area contributed by atoms with Gasteiger partial charge in [-0.3, -0.25) is 0 Å². The van der Waals surface area contributed by atoms with Gasteiger partial charge in [0.05, 0.1) is 22.2 Å². The summed E-state index contributed by atoms with van der Waals surface area (Å²) in [4.78, 5) is 28.8. The molecular weight excluding hydrogens is 717 g/mol. The van der Waals surface area contributed by atoms with Gasteiger partial charge in [-0.2, -0.15) is 0 Å². The Labute approximate surface area is 334 Å². The van der Waals surface area contributed by atoms with E-state index >= 15 is 0 Å². The van der Waals surface area contributed by atoms with Gasteiger partial charge in [-0.25, -0.2) is 9.59 Å². The smallest absolute Gasteiger partial charge is 0.344 e. The molecule has 0 radical (unpaired) electrons. The van der Waals surface area contributed by atoms with Gasteiger partial charge in [0.15, 0.2) is 0 Å². The van der Waals surface area contributed by atoms with E-state index in [9.17, 15) is 9.59 Å². The Morgan fingerprint density at radius 2 is 0.966 bits per heavy atom. The molecule has 0 fully saturated rings. The Morgan fingerprint density at radius 3 is 1.57 bits per heavy atom. The molecule has 0 aliphatic rings. The van der Waals surface area contributed by atoms with E-state index in [-0.39, 0.29) is 11.3 Å². The maximum atomic E-state index is 13.5. The van der Waals surface area contributed by atoms with Gasteiger partial charge in [0.1, 0.15) is 11.2 Å². The zero-order valence-corrected chi connectivity index (χ0v) is 32.1. The topological polar surface area (TPSA) is 68.6 Å². The summed E-state index contributed by atoms with van der Waals surface area (Å²) in [5.74, 6) is 0. The third-order valence-corrected chi connectivity index (χ3v) is 11.3. The van der Waals surface area contributed by atoms with Gasteiger partial charge in [-0.1, -0.05) is 84.9 Å². The highest BCUT2D eigenvalue weighted by molar-refractivity contribution is 6.11. The summed E-state index contributed by atoms with van der Waals surface area (Å²) in [6.07, 6.45) is 0. The molecule has 0 saturated carbocycles. The Balaban J connectivity index is 1.08. The Hall–Kier alpha value is -7.44. The number of aromatic nitrogens is 1. The van der Waals surface area contributed by atoms with E-state index in [0.717, 1.165) is 90.4 Å². The van der Waals surface area contributed by atoms with Crippen LogP contribution in [0.15, 0.2) is 188 Å². The number of benzene rings is 7. The Kier molecular flexibility index (Phi) is 8.60. The van der Waals surface area contributed by atoms with Gasteiger partial charge in [0.25, 0.3) is 0 Å². The molecule has 3 heterocycles. The first kappa shape index (κ1) is 35.0. The third kappa shape index (κ3) is 6.07. The van der Waals surface area contributed by atoms with Crippen LogP contribution in [0.3, 0.4) is 0 Å². The van der Waals surface area contributed by atoms with Crippen LogP contribution in [0.4, 0.5) is 5.69 Å². The van der Waals surface area contributed by atoms with Crippen molar-refractivity contribution in [1.82, 2.24) is 4.57 Å². The lowest BCUT2D eigenvalue weighted by Crippen LogP contribution is -2.21. The molecule has 0 atom stereocenters. The lowest BCUT2D eigenvalue weighted by atomic mass is 9.96. The summed E-state index contributed by atoms with van der Waals surface area (Å²) in [6.45, 7) is 5.98. The monoisotopic (exact) mass is 754 g/mol. The van der Waals surface area contributed by atoms with Crippen molar-refractivity contribution in [3.05, 3.63) is 191 Å². The van der Waals surface area contributed by atoms with Crippen LogP contribution < -0.4 is 16.2 Å². The molecule has 0 N–H and O–H groups in total. The highest BCUT2D eigenvalue weighted by Crippen LogP contribution is 2.38. The van der Waals surface area contributed by atoms with Crippen molar-refractivity contribution in [2.75, 3.05) is 18.0 Å². The molecule has 6 heteroatoms. The molecule has 0 aliphatic heterocycles. The van der Waals surface area contributed by atoms with E-state index in [1.54, 1.807) is 0 Å². The molecule has 6 nitrogen and oxygen atoms in total. The van der Waals surface area contributed by atoms with Crippen molar-refractivity contribution < 1.29 is 8.83 Å². The van der Waals surface area contributed by atoms with Crippen molar-refractivity contribution in [1.29, 1.82) is 0 Å². The average molecular weight is 755 g/mol. The number of fused-ring (bicyclic) bond motifs is 5. The molecule has 3 aromatic heterocycles. The molecule has 7 aromatic carbocycles.